The van der Waals surface area contributed by atoms with E-state index in [0.29, 0.717) is 29.9 Å². The molecule has 0 bridgehead atoms. The van der Waals surface area contributed by atoms with Crippen LogP contribution in [0, 0.1) is 5.92 Å². The first-order valence-electron chi connectivity index (χ1n) is 8.33. The number of hydrogen-bond acceptors (Lipinski definition) is 7. The average molecular weight is 330 g/mol. The second-order valence-electron chi connectivity index (χ2n) is 5.94. The van der Waals surface area contributed by atoms with Crippen molar-refractivity contribution in [1.82, 2.24) is 30.3 Å². The summed E-state index contributed by atoms with van der Waals surface area (Å²) in [6.45, 7) is 5.65. The first-order valence-corrected chi connectivity index (χ1v) is 8.33. The minimum Gasteiger partial charge on any atom is -0.347 e. The zero-order chi connectivity index (χ0) is 16.8. The molecule has 2 aromatic rings. The maximum Gasteiger partial charge on any atom is 0.246 e. The molecule has 0 aromatic carbocycles. The molecule has 1 saturated heterocycles. The summed E-state index contributed by atoms with van der Waals surface area (Å²) < 4.78 is 5.13. The van der Waals surface area contributed by atoms with Crippen molar-refractivity contribution in [2.75, 3.05) is 19.6 Å². The van der Waals surface area contributed by atoms with Gasteiger partial charge in [0.15, 0.2) is 0 Å². The Hall–Kier alpha value is -2.35. The fourth-order valence-corrected chi connectivity index (χ4v) is 2.85. The van der Waals surface area contributed by atoms with E-state index >= 15 is 0 Å². The van der Waals surface area contributed by atoms with Gasteiger partial charge in [0.05, 0.1) is 6.54 Å². The highest BCUT2D eigenvalue weighted by atomic mass is 16.5. The van der Waals surface area contributed by atoms with Crippen LogP contribution in [0.25, 0.3) is 11.6 Å². The molecule has 1 aliphatic heterocycles. The summed E-state index contributed by atoms with van der Waals surface area (Å²) in [4.78, 5) is 26.8. The normalized spacial score (nSPS) is 16.2. The van der Waals surface area contributed by atoms with Crippen LogP contribution in [0.5, 0.6) is 0 Å². The van der Waals surface area contributed by atoms with E-state index < -0.39 is 0 Å². The first kappa shape index (κ1) is 16.5. The van der Waals surface area contributed by atoms with E-state index in [9.17, 15) is 4.79 Å². The lowest BCUT2D eigenvalue weighted by molar-refractivity contribution is -0.122. The number of nitrogens with zero attached hydrogens (tertiary/aromatic N) is 5. The van der Waals surface area contributed by atoms with Crippen molar-refractivity contribution in [2.45, 2.75) is 32.7 Å². The van der Waals surface area contributed by atoms with Crippen LogP contribution in [-0.2, 0) is 11.3 Å². The minimum atomic E-state index is 0.0284. The van der Waals surface area contributed by atoms with Gasteiger partial charge in [0.1, 0.15) is 0 Å². The van der Waals surface area contributed by atoms with Crippen LogP contribution in [0.2, 0.25) is 0 Å². The monoisotopic (exact) mass is 330 g/mol. The summed E-state index contributed by atoms with van der Waals surface area (Å²) in [6.07, 6.45) is 5.95. The van der Waals surface area contributed by atoms with Crippen LogP contribution in [0.1, 0.15) is 32.1 Å². The van der Waals surface area contributed by atoms with Gasteiger partial charge in [0.2, 0.25) is 23.4 Å². The number of carbonyl (C=O) groups excluding carboxylic acids is 1. The Balaban J connectivity index is 1.44. The molecule has 0 spiro atoms. The zero-order valence-corrected chi connectivity index (χ0v) is 13.8. The van der Waals surface area contributed by atoms with Crippen molar-refractivity contribution < 1.29 is 9.32 Å². The maximum atomic E-state index is 12.1. The highest BCUT2D eigenvalue weighted by Gasteiger charge is 2.20. The minimum absolute atomic E-state index is 0.0284. The molecular formula is C16H22N6O2. The molecule has 8 nitrogen and oxygen atoms in total. The van der Waals surface area contributed by atoms with E-state index in [0.717, 1.165) is 32.5 Å². The van der Waals surface area contributed by atoms with Crippen LogP contribution in [0.15, 0.2) is 23.0 Å². The van der Waals surface area contributed by atoms with Crippen LogP contribution in [-0.4, -0.2) is 50.5 Å². The third-order valence-electron chi connectivity index (χ3n) is 4.30. The quantitative estimate of drug-likeness (QED) is 0.851. The Morgan fingerprint density at radius 2 is 2.04 bits per heavy atom. The predicted molar refractivity (Wildman–Crippen MR) is 86.6 cm³/mol. The molecule has 0 saturated carbocycles. The Labute approximate surface area is 140 Å². The number of likely N-dealkylation sites (tertiary alicyclic amines) is 1. The van der Waals surface area contributed by atoms with Gasteiger partial charge in [-0.3, -0.25) is 4.79 Å². The average Bonchev–Trinajstić information content (AvgIpc) is 3.10. The third-order valence-corrected chi connectivity index (χ3v) is 4.30. The van der Waals surface area contributed by atoms with E-state index in [1.807, 2.05) is 0 Å². The molecule has 1 fully saturated rings. The Bertz CT molecular complexity index is 652. The molecule has 3 rings (SSSR count). The Morgan fingerprint density at radius 1 is 1.29 bits per heavy atom. The number of rotatable bonds is 6. The molecule has 1 N–H and O–H groups in total. The fraction of sp³-hybridized carbons (Fsp3) is 0.562. The van der Waals surface area contributed by atoms with Crippen LogP contribution in [0.4, 0.5) is 0 Å². The molecular weight excluding hydrogens is 308 g/mol. The van der Waals surface area contributed by atoms with Gasteiger partial charge in [-0.1, -0.05) is 12.1 Å². The molecule has 24 heavy (non-hydrogen) atoms. The van der Waals surface area contributed by atoms with E-state index in [4.69, 9.17) is 4.52 Å². The Kier molecular flexibility index (Phi) is 5.47. The molecule has 2 aromatic heterocycles. The summed E-state index contributed by atoms with van der Waals surface area (Å²) in [7, 11) is 0. The summed E-state index contributed by atoms with van der Waals surface area (Å²) in [6, 6.07) is 1.72. The third kappa shape index (κ3) is 4.35. The lowest BCUT2D eigenvalue weighted by Crippen LogP contribution is -2.35. The molecule has 0 aliphatic carbocycles. The van der Waals surface area contributed by atoms with Gasteiger partial charge in [0, 0.05) is 18.8 Å². The number of hydrogen-bond donors (Lipinski definition) is 1. The molecule has 0 radical (unpaired) electrons. The van der Waals surface area contributed by atoms with Gasteiger partial charge >= 0.3 is 0 Å². The topological polar surface area (TPSA) is 97.0 Å². The van der Waals surface area contributed by atoms with Crippen molar-refractivity contribution in [1.29, 1.82) is 0 Å². The first-order chi connectivity index (χ1) is 11.7. The second-order valence-corrected chi connectivity index (χ2v) is 5.94. The van der Waals surface area contributed by atoms with Gasteiger partial charge in [-0.2, -0.15) is 4.98 Å². The van der Waals surface area contributed by atoms with Gasteiger partial charge in [-0.25, -0.2) is 9.97 Å². The molecule has 128 valence electrons. The zero-order valence-electron chi connectivity index (χ0n) is 13.8. The molecule has 0 atom stereocenters. The predicted octanol–water partition coefficient (Wildman–Crippen LogP) is 1.26. The van der Waals surface area contributed by atoms with Crippen molar-refractivity contribution >= 4 is 5.91 Å². The Morgan fingerprint density at radius 3 is 2.75 bits per heavy atom. The van der Waals surface area contributed by atoms with Crippen LogP contribution < -0.4 is 5.32 Å². The highest BCUT2D eigenvalue weighted by Crippen LogP contribution is 2.20. The van der Waals surface area contributed by atoms with Gasteiger partial charge in [-0.15, -0.1) is 0 Å². The lowest BCUT2D eigenvalue weighted by Gasteiger charge is -2.30. The molecule has 3 heterocycles. The lowest BCUT2D eigenvalue weighted by atomic mass is 9.93. The van der Waals surface area contributed by atoms with Crippen LogP contribution >= 0.6 is 0 Å². The highest BCUT2D eigenvalue weighted by molar-refractivity contribution is 5.76. The number of aromatic nitrogens is 4. The largest absolute Gasteiger partial charge is 0.347 e. The van der Waals surface area contributed by atoms with Gasteiger partial charge < -0.3 is 14.7 Å². The van der Waals surface area contributed by atoms with E-state index in [-0.39, 0.29) is 12.5 Å². The number of amides is 1. The number of piperidine rings is 1. The van der Waals surface area contributed by atoms with Crippen LogP contribution in [0.3, 0.4) is 0 Å². The van der Waals surface area contributed by atoms with Gasteiger partial charge in [-0.05, 0) is 44.5 Å². The summed E-state index contributed by atoms with van der Waals surface area (Å²) in [5.74, 6) is 1.57. The van der Waals surface area contributed by atoms with Gasteiger partial charge in [0.25, 0.3) is 0 Å². The number of nitrogens with one attached hydrogen (secondary N) is 1. The van der Waals surface area contributed by atoms with Crippen molar-refractivity contribution in [3.63, 3.8) is 0 Å². The summed E-state index contributed by atoms with van der Waals surface area (Å²) in [5, 5.41) is 6.68. The van der Waals surface area contributed by atoms with E-state index in [2.05, 4.69) is 37.2 Å². The second kappa shape index (κ2) is 7.96. The molecule has 1 amide bonds. The number of carbonyl (C=O) groups is 1. The van der Waals surface area contributed by atoms with E-state index in [1.54, 1.807) is 18.5 Å². The standard InChI is InChI=1S/C16H22N6O2/c1-2-22-8-4-12(5-9-22)10-13(23)19-11-14-20-16(21-24-14)15-17-6-3-7-18-15/h3,6-7,12H,2,4-5,8-11H2,1H3,(H,19,23). The van der Waals surface area contributed by atoms with Crippen molar-refractivity contribution in [3.05, 3.63) is 24.4 Å². The molecule has 1 aliphatic rings. The van der Waals surface area contributed by atoms with Crippen molar-refractivity contribution in [2.24, 2.45) is 5.92 Å². The summed E-state index contributed by atoms with van der Waals surface area (Å²) in [5.41, 5.74) is 0. The SMILES string of the molecule is CCN1CCC(CC(=O)NCc2nc(-c3ncccn3)no2)CC1. The van der Waals surface area contributed by atoms with E-state index in [1.165, 1.54) is 0 Å². The van der Waals surface area contributed by atoms with Crippen molar-refractivity contribution in [3.8, 4) is 11.6 Å². The fourth-order valence-electron chi connectivity index (χ4n) is 2.85. The smallest absolute Gasteiger partial charge is 0.246 e. The summed E-state index contributed by atoms with van der Waals surface area (Å²) >= 11 is 0. The maximum absolute atomic E-state index is 12.1. The molecule has 0 unspecified atom stereocenters. The molecule has 8 heteroatoms.